The van der Waals surface area contributed by atoms with Crippen molar-refractivity contribution >= 4 is 33.3 Å². The minimum atomic E-state index is -4.53. The smallest absolute Gasteiger partial charge is 0.347 e. The maximum absolute atomic E-state index is 15.7. The van der Waals surface area contributed by atoms with E-state index >= 15 is 4.39 Å². The molecule has 2 heterocycles. The van der Waals surface area contributed by atoms with Crippen molar-refractivity contribution in [1.82, 2.24) is 15.1 Å². The number of halogens is 6. The number of nitrogens with one attached hydrogen (secondary N) is 1. The zero-order valence-corrected chi connectivity index (χ0v) is 23.1. The second-order valence-corrected chi connectivity index (χ2v) is 12.6. The van der Waals surface area contributed by atoms with Crippen LogP contribution in [0.25, 0.3) is 0 Å². The predicted molar refractivity (Wildman–Crippen MR) is 136 cm³/mol. The van der Waals surface area contributed by atoms with Gasteiger partial charge >= 0.3 is 6.18 Å². The van der Waals surface area contributed by atoms with E-state index in [2.05, 4.69) is 5.32 Å². The van der Waals surface area contributed by atoms with Crippen LogP contribution in [0.15, 0.2) is 29.7 Å². The summed E-state index contributed by atoms with van der Waals surface area (Å²) in [7, 11) is -3.44. The zero-order chi connectivity index (χ0) is 29.2. The van der Waals surface area contributed by atoms with Crippen molar-refractivity contribution in [1.29, 1.82) is 0 Å². The Hall–Kier alpha value is -2.25. The van der Waals surface area contributed by atoms with E-state index < -0.39 is 63.7 Å². The first-order chi connectivity index (χ1) is 18.0. The first kappa shape index (κ1) is 31.3. The molecule has 218 valence electrons. The first-order valence-corrected chi connectivity index (χ1v) is 14.7. The molecule has 0 radical (unpaired) electrons. The number of amides is 2. The molecule has 1 aromatic carbocycles. The SMILES string of the molecule is C[C@H](/C=C\S(C)(=O)=O)NC(=O)[C@@]1(F)CCCN(C(=O)[C@H]2CN(CC(F)(F)F)C[C@H]2c2c(F)cccc2Cl)CC1. The predicted octanol–water partition coefficient (Wildman–Crippen LogP) is 3.84. The van der Waals surface area contributed by atoms with Crippen LogP contribution in [0.2, 0.25) is 5.02 Å². The van der Waals surface area contributed by atoms with Crippen LogP contribution in [0.3, 0.4) is 0 Å². The quantitative estimate of drug-likeness (QED) is 0.482. The van der Waals surface area contributed by atoms with Crippen LogP contribution < -0.4 is 5.32 Å². The van der Waals surface area contributed by atoms with E-state index in [0.29, 0.717) is 0 Å². The molecule has 14 heteroatoms. The van der Waals surface area contributed by atoms with Crippen molar-refractivity contribution in [2.24, 2.45) is 5.92 Å². The molecule has 4 atom stereocenters. The minimum Gasteiger partial charge on any atom is -0.347 e. The number of benzene rings is 1. The second-order valence-electron chi connectivity index (χ2n) is 10.2. The lowest BCUT2D eigenvalue weighted by atomic mass is 9.87. The number of carbonyl (C=O) groups is 2. The molecule has 39 heavy (non-hydrogen) atoms. The van der Waals surface area contributed by atoms with Crippen LogP contribution in [0.4, 0.5) is 22.0 Å². The number of nitrogens with zero attached hydrogens (tertiary/aromatic N) is 2. The molecule has 2 amide bonds. The molecular formula is C25H31ClF5N3O4S. The Morgan fingerprint density at radius 1 is 1.23 bits per heavy atom. The van der Waals surface area contributed by atoms with Gasteiger partial charge in [-0.15, -0.1) is 0 Å². The zero-order valence-electron chi connectivity index (χ0n) is 21.5. The molecule has 2 fully saturated rings. The highest BCUT2D eigenvalue weighted by Gasteiger charge is 2.47. The summed E-state index contributed by atoms with van der Waals surface area (Å²) in [4.78, 5) is 28.6. The van der Waals surface area contributed by atoms with Crippen molar-refractivity contribution in [3.05, 3.63) is 46.1 Å². The van der Waals surface area contributed by atoms with Crippen molar-refractivity contribution < 1.29 is 40.0 Å². The molecular weight excluding hydrogens is 569 g/mol. The lowest BCUT2D eigenvalue weighted by molar-refractivity contribution is -0.146. The summed E-state index contributed by atoms with van der Waals surface area (Å²) in [6, 6.07) is 3.12. The maximum Gasteiger partial charge on any atom is 0.401 e. The average Bonchev–Trinajstić information content (AvgIpc) is 3.08. The second kappa shape index (κ2) is 12.1. The summed E-state index contributed by atoms with van der Waals surface area (Å²) in [6.07, 6.45) is -2.81. The van der Waals surface area contributed by atoms with E-state index in [1.54, 1.807) is 0 Å². The van der Waals surface area contributed by atoms with Crippen molar-refractivity contribution in [2.45, 2.75) is 50.0 Å². The van der Waals surface area contributed by atoms with E-state index in [1.165, 1.54) is 30.0 Å². The van der Waals surface area contributed by atoms with Crippen molar-refractivity contribution in [3.8, 4) is 0 Å². The number of hydrogen-bond donors (Lipinski definition) is 1. The number of likely N-dealkylation sites (tertiary alicyclic amines) is 2. The molecule has 0 spiro atoms. The van der Waals surface area contributed by atoms with Gasteiger partial charge in [-0.1, -0.05) is 23.7 Å². The fourth-order valence-electron chi connectivity index (χ4n) is 5.10. The van der Waals surface area contributed by atoms with Crippen molar-refractivity contribution in [3.63, 3.8) is 0 Å². The lowest BCUT2D eigenvalue weighted by Gasteiger charge is -2.28. The molecule has 1 aromatic rings. The molecule has 0 bridgehead atoms. The highest BCUT2D eigenvalue weighted by atomic mass is 35.5. The summed E-state index contributed by atoms with van der Waals surface area (Å²) in [6.45, 7) is -0.428. The van der Waals surface area contributed by atoms with Gasteiger partial charge in [0.2, 0.25) is 5.91 Å². The summed E-state index contributed by atoms with van der Waals surface area (Å²) in [5, 5.41) is 3.32. The third kappa shape index (κ3) is 8.37. The van der Waals surface area contributed by atoms with Gasteiger partial charge in [-0.3, -0.25) is 14.5 Å². The number of carbonyl (C=O) groups excluding carboxylic acids is 2. The highest BCUT2D eigenvalue weighted by molar-refractivity contribution is 7.93. The fraction of sp³-hybridized carbons (Fsp3) is 0.600. The molecule has 3 rings (SSSR count). The molecule has 0 aliphatic carbocycles. The van der Waals surface area contributed by atoms with E-state index in [-0.39, 0.29) is 56.0 Å². The minimum absolute atomic E-state index is 0.000939. The Morgan fingerprint density at radius 3 is 2.54 bits per heavy atom. The van der Waals surface area contributed by atoms with Crippen LogP contribution in [0.1, 0.15) is 37.7 Å². The fourth-order valence-corrected chi connectivity index (χ4v) is 5.93. The normalized spacial score (nSPS) is 26.0. The molecule has 1 N–H and O–H groups in total. The van der Waals surface area contributed by atoms with Crippen LogP contribution in [0, 0.1) is 11.7 Å². The summed E-state index contributed by atoms with van der Waals surface area (Å²) >= 11 is 6.20. The summed E-state index contributed by atoms with van der Waals surface area (Å²) in [5.74, 6) is -4.23. The third-order valence-electron chi connectivity index (χ3n) is 6.96. The Labute approximate surface area is 229 Å². The van der Waals surface area contributed by atoms with Crippen LogP contribution >= 0.6 is 11.6 Å². The molecule has 0 aromatic heterocycles. The van der Waals surface area contributed by atoms with Crippen LogP contribution in [-0.2, 0) is 19.4 Å². The van der Waals surface area contributed by atoms with Crippen LogP contribution in [-0.4, -0.2) is 86.9 Å². The van der Waals surface area contributed by atoms with Gasteiger partial charge in [0.25, 0.3) is 5.91 Å². The Bertz CT molecular complexity index is 1190. The van der Waals surface area contributed by atoms with Gasteiger partial charge in [-0.05, 0) is 31.9 Å². The summed E-state index contributed by atoms with van der Waals surface area (Å²) in [5.41, 5.74) is -2.37. The van der Waals surface area contributed by atoms with E-state index in [0.717, 1.165) is 22.6 Å². The maximum atomic E-state index is 15.7. The molecule has 0 unspecified atom stereocenters. The molecule has 7 nitrogen and oxygen atoms in total. The first-order valence-electron chi connectivity index (χ1n) is 12.4. The standard InChI is InChI=1S/C25H31ClF5N3O4S/c1-16(7-12-39(2,37)38)32-23(36)24(28)8-4-10-34(11-9-24)22(35)18-14-33(15-25(29,30)31)13-17(18)21-19(26)5-3-6-20(21)27/h3,5-7,12,16-18H,4,8-11,13-15H2,1-2H3,(H,32,36)/b12-7-/t16-,17-,18+,24-/m1/s1. The van der Waals surface area contributed by atoms with Crippen LogP contribution in [0.5, 0.6) is 0 Å². The van der Waals surface area contributed by atoms with Gasteiger partial charge in [-0.2, -0.15) is 13.2 Å². The highest BCUT2D eigenvalue weighted by Crippen LogP contribution is 2.40. The van der Waals surface area contributed by atoms with E-state index in [9.17, 15) is 35.6 Å². The number of alkyl halides is 4. The molecule has 0 saturated carbocycles. The third-order valence-corrected chi connectivity index (χ3v) is 7.94. The number of rotatable bonds is 7. The Kier molecular flexibility index (Phi) is 9.70. The lowest BCUT2D eigenvalue weighted by Crippen LogP contribution is -2.47. The molecule has 2 aliphatic heterocycles. The van der Waals surface area contributed by atoms with E-state index in [1.807, 2.05) is 0 Å². The number of hydrogen-bond acceptors (Lipinski definition) is 5. The average molecular weight is 600 g/mol. The Balaban J connectivity index is 1.76. The monoisotopic (exact) mass is 599 g/mol. The summed E-state index contributed by atoms with van der Waals surface area (Å²) < 4.78 is 92.4. The topological polar surface area (TPSA) is 86.8 Å². The largest absolute Gasteiger partial charge is 0.401 e. The van der Waals surface area contributed by atoms with E-state index in [4.69, 9.17) is 11.6 Å². The van der Waals surface area contributed by atoms with Gasteiger partial charge in [0.15, 0.2) is 15.5 Å². The Morgan fingerprint density at radius 2 is 1.92 bits per heavy atom. The van der Waals surface area contributed by atoms with Gasteiger partial charge in [0.1, 0.15) is 5.82 Å². The van der Waals surface area contributed by atoms with Crippen molar-refractivity contribution in [2.75, 3.05) is 39.0 Å². The number of sulfone groups is 1. The van der Waals surface area contributed by atoms with Gasteiger partial charge in [0, 0.05) is 66.8 Å². The molecule has 2 saturated heterocycles. The molecule has 2 aliphatic rings. The van der Waals surface area contributed by atoms with Gasteiger partial charge < -0.3 is 10.2 Å². The van der Waals surface area contributed by atoms with Gasteiger partial charge in [0.05, 0.1) is 12.5 Å². The van der Waals surface area contributed by atoms with Gasteiger partial charge in [-0.25, -0.2) is 17.2 Å².